The van der Waals surface area contributed by atoms with Gasteiger partial charge in [-0.3, -0.25) is 14.7 Å². The van der Waals surface area contributed by atoms with Gasteiger partial charge in [0.2, 0.25) is 11.6 Å². The third kappa shape index (κ3) is 4.21. The summed E-state index contributed by atoms with van der Waals surface area (Å²) in [5, 5.41) is 9.55. The minimum absolute atomic E-state index is 0.236. The Labute approximate surface area is 191 Å². The van der Waals surface area contributed by atoms with Gasteiger partial charge in [-0.05, 0) is 56.6 Å². The van der Waals surface area contributed by atoms with E-state index in [0.717, 1.165) is 48.2 Å². The third-order valence-electron chi connectivity index (χ3n) is 6.37. The largest absolute Gasteiger partial charge is 0.368 e. The Morgan fingerprint density at radius 3 is 2.79 bits per heavy atom. The fourth-order valence-electron chi connectivity index (χ4n) is 4.75. The van der Waals surface area contributed by atoms with Crippen LogP contribution in [-0.2, 0) is 11.3 Å². The Hall–Kier alpha value is -3.66. The summed E-state index contributed by atoms with van der Waals surface area (Å²) in [7, 11) is 3.81. The van der Waals surface area contributed by atoms with Gasteiger partial charge in [-0.2, -0.15) is 0 Å². The lowest BCUT2D eigenvalue weighted by Crippen LogP contribution is -2.49. The highest BCUT2D eigenvalue weighted by atomic mass is 16.1. The minimum Gasteiger partial charge on any atom is -0.368 e. The number of aromatic nitrogens is 6. The maximum absolute atomic E-state index is 11.9. The van der Waals surface area contributed by atoms with Crippen molar-refractivity contribution in [2.24, 2.45) is 11.7 Å². The molecule has 170 valence electrons. The highest BCUT2D eigenvalue weighted by molar-refractivity contribution is 5.80. The highest BCUT2D eigenvalue weighted by Gasteiger charge is 2.32. The van der Waals surface area contributed by atoms with Crippen LogP contribution in [-0.4, -0.2) is 74.0 Å². The van der Waals surface area contributed by atoms with E-state index >= 15 is 0 Å². The average molecular weight is 446 g/mol. The number of amides is 1. The van der Waals surface area contributed by atoms with E-state index in [1.807, 2.05) is 43.3 Å². The summed E-state index contributed by atoms with van der Waals surface area (Å²) >= 11 is 0. The SMILES string of the molecule is CN(C)C(C(N)=O)C1CCN(c2cnc3nnn(Cc4ccc5ncccc5c4)c3n2)CC1. The second-order valence-electron chi connectivity index (χ2n) is 8.79. The molecule has 0 aliphatic carbocycles. The molecule has 1 aromatic carbocycles. The first-order valence-electron chi connectivity index (χ1n) is 11.1. The molecule has 0 spiro atoms. The van der Waals surface area contributed by atoms with Gasteiger partial charge in [0.25, 0.3) is 0 Å². The van der Waals surface area contributed by atoms with E-state index in [9.17, 15) is 4.79 Å². The van der Waals surface area contributed by atoms with E-state index in [0.29, 0.717) is 17.8 Å². The summed E-state index contributed by atoms with van der Waals surface area (Å²) in [5.74, 6) is 0.770. The number of benzene rings is 1. The summed E-state index contributed by atoms with van der Waals surface area (Å²) in [6.07, 6.45) is 5.28. The zero-order chi connectivity index (χ0) is 22.9. The molecule has 1 unspecified atom stereocenters. The molecule has 2 N–H and O–H groups in total. The van der Waals surface area contributed by atoms with Crippen LogP contribution in [0.5, 0.6) is 0 Å². The number of hydrogen-bond acceptors (Lipinski definition) is 8. The highest BCUT2D eigenvalue weighted by Crippen LogP contribution is 2.26. The summed E-state index contributed by atoms with van der Waals surface area (Å²) in [6, 6.07) is 9.90. The summed E-state index contributed by atoms with van der Waals surface area (Å²) in [5.41, 5.74) is 8.88. The first-order valence-corrected chi connectivity index (χ1v) is 11.1. The van der Waals surface area contributed by atoms with E-state index in [-0.39, 0.29) is 17.9 Å². The fourth-order valence-corrected chi connectivity index (χ4v) is 4.75. The lowest BCUT2D eigenvalue weighted by atomic mass is 9.88. The van der Waals surface area contributed by atoms with Gasteiger partial charge in [0.1, 0.15) is 5.82 Å². The number of primary amides is 1. The molecule has 1 saturated heterocycles. The molecule has 0 saturated carbocycles. The Kier molecular flexibility index (Phi) is 5.59. The minimum atomic E-state index is -0.265. The Morgan fingerprint density at radius 2 is 2.03 bits per heavy atom. The van der Waals surface area contributed by atoms with Crippen LogP contribution in [0.4, 0.5) is 5.82 Å². The quantitative estimate of drug-likeness (QED) is 0.474. The lowest BCUT2D eigenvalue weighted by Gasteiger charge is -2.37. The summed E-state index contributed by atoms with van der Waals surface area (Å²) in [4.78, 5) is 29.7. The molecule has 0 bridgehead atoms. The molecule has 33 heavy (non-hydrogen) atoms. The van der Waals surface area contributed by atoms with Crippen molar-refractivity contribution in [3.63, 3.8) is 0 Å². The molecule has 5 rings (SSSR count). The molecular formula is C23H27N9O. The van der Waals surface area contributed by atoms with Crippen molar-refractivity contribution < 1.29 is 4.79 Å². The van der Waals surface area contributed by atoms with E-state index in [4.69, 9.17) is 10.7 Å². The normalized spacial score (nSPS) is 16.0. The predicted molar refractivity (Wildman–Crippen MR) is 126 cm³/mol. The smallest absolute Gasteiger partial charge is 0.235 e. The number of nitrogens with zero attached hydrogens (tertiary/aromatic N) is 8. The van der Waals surface area contributed by atoms with E-state index in [2.05, 4.69) is 31.2 Å². The molecule has 0 radical (unpaired) electrons. The van der Waals surface area contributed by atoms with Crippen molar-refractivity contribution >= 4 is 33.9 Å². The molecular weight excluding hydrogens is 418 g/mol. The number of hydrogen-bond donors (Lipinski definition) is 1. The molecule has 3 aromatic heterocycles. The third-order valence-corrected chi connectivity index (χ3v) is 6.37. The van der Waals surface area contributed by atoms with Crippen molar-refractivity contribution in [1.82, 2.24) is 34.8 Å². The Morgan fingerprint density at radius 1 is 1.21 bits per heavy atom. The molecule has 1 aliphatic rings. The zero-order valence-corrected chi connectivity index (χ0v) is 18.8. The van der Waals surface area contributed by atoms with Crippen LogP contribution in [0.1, 0.15) is 18.4 Å². The molecule has 1 atom stereocenters. The monoisotopic (exact) mass is 445 g/mol. The summed E-state index contributed by atoms with van der Waals surface area (Å²) < 4.78 is 1.78. The van der Waals surface area contributed by atoms with E-state index in [1.165, 1.54) is 0 Å². The van der Waals surface area contributed by atoms with Crippen LogP contribution in [0.3, 0.4) is 0 Å². The number of pyridine rings is 1. The molecule has 4 aromatic rings. The first-order chi connectivity index (χ1) is 16.0. The van der Waals surface area contributed by atoms with Crippen molar-refractivity contribution in [1.29, 1.82) is 0 Å². The number of piperidine rings is 1. The van der Waals surface area contributed by atoms with Gasteiger partial charge < -0.3 is 10.6 Å². The standard InChI is InChI=1S/C23H27N9O/c1-30(2)20(21(24)33)16-7-10-31(11-8-16)19-13-26-22-23(27-19)32(29-28-22)14-15-5-6-18-17(12-15)4-3-9-25-18/h3-6,9,12-13,16,20H,7-8,10-11,14H2,1-2H3,(H2,24,33). The van der Waals surface area contributed by atoms with E-state index in [1.54, 1.807) is 17.1 Å². The van der Waals surface area contributed by atoms with Crippen molar-refractivity contribution in [3.8, 4) is 0 Å². The number of carbonyl (C=O) groups is 1. The van der Waals surface area contributed by atoms with E-state index < -0.39 is 0 Å². The van der Waals surface area contributed by atoms with Gasteiger partial charge in [-0.15, -0.1) is 5.10 Å². The molecule has 1 aliphatic heterocycles. The number of carbonyl (C=O) groups excluding carboxylic acids is 1. The van der Waals surface area contributed by atoms with Gasteiger partial charge in [-0.25, -0.2) is 14.6 Å². The maximum atomic E-state index is 11.9. The first kappa shape index (κ1) is 21.2. The molecule has 10 heteroatoms. The Bertz CT molecular complexity index is 1290. The van der Waals surface area contributed by atoms with Crippen molar-refractivity contribution in [3.05, 3.63) is 48.3 Å². The molecule has 1 fully saturated rings. The predicted octanol–water partition coefficient (Wildman–Crippen LogP) is 1.45. The molecule has 10 nitrogen and oxygen atoms in total. The van der Waals surface area contributed by atoms with Gasteiger partial charge in [-0.1, -0.05) is 17.3 Å². The molecule has 4 heterocycles. The Balaban J connectivity index is 1.35. The van der Waals surface area contributed by atoms with Gasteiger partial charge in [0.05, 0.1) is 24.3 Å². The van der Waals surface area contributed by atoms with Crippen molar-refractivity contribution in [2.45, 2.75) is 25.4 Å². The van der Waals surface area contributed by atoms with Crippen LogP contribution in [0.25, 0.3) is 22.2 Å². The van der Waals surface area contributed by atoms with Gasteiger partial charge in [0.15, 0.2) is 5.65 Å². The molecule has 1 amide bonds. The number of rotatable bonds is 6. The summed E-state index contributed by atoms with van der Waals surface area (Å²) in [6.45, 7) is 2.13. The number of anilines is 1. The average Bonchev–Trinajstić information content (AvgIpc) is 3.21. The van der Waals surface area contributed by atoms with Crippen LogP contribution in [0.15, 0.2) is 42.7 Å². The van der Waals surface area contributed by atoms with Crippen LogP contribution < -0.4 is 10.6 Å². The number of fused-ring (bicyclic) bond motifs is 2. The van der Waals surface area contributed by atoms with Crippen molar-refractivity contribution in [2.75, 3.05) is 32.1 Å². The zero-order valence-electron chi connectivity index (χ0n) is 18.8. The van der Waals surface area contributed by atoms with Crippen LogP contribution >= 0.6 is 0 Å². The number of likely N-dealkylation sites (N-methyl/N-ethyl adjacent to an activating group) is 1. The van der Waals surface area contributed by atoms with Gasteiger partial charge in [0, 0.05) is 24.7 Å². The topological polar surface area (TPSA) is 119 Å². The maximum Gasteiger partial charge on any atom is 0.235 e. The lowest BCUT2D eigenvalue weighted by molar-refractivity contribution is -0.124. The van der Waals surface area contributed by atoms with Crippen LogP contribution in [0, 0.1) is 5.92 Å². The van der Waals surface area contributed by atoms with Crippen LogP contribution in [0.2, 0.25) is 0 Å². The second-order valence-corrected chi connectivity index (χ2v) is 8.79. The fraction of sp³-hybridized carbons (Fsp3) is 0.391. The number of nitrogens with two attached hydrogens (primary N) is 1. The second kappa shape index (κ2) is 8.70. The van der Waals surface area contributed by atoms with Gasteiger partial charge >= 0.3 is 0 Å².